The number of aromatic nitrogens is 2. The molecule has 1 unspecified atom stereocenters. The van der Waals surface area contributed by atoms with Gasteiger partial charge in [-0.2, -0.15) is 5.10 Å². The third-order valence-corrected chi connectivity index (χ3v) is 6.74. The highest BCUT2D eigenvalue weighted by Crippen LogP contribution is 2.45. The molecule has 9 heteroatoms. The lowest BCUT2D eigenvalue weighted by Crippen LogP contribution is -2.29. The Labute approximate surface area is 213 Å². The highest BCUT2D eigenvalue weighted by Gasteiger charge is 2.42. The third-order valence-electron chi connectivity index (χ3n) is 6.74. The second kappa shape index (κ2) is 9.09. The predicted molar refractivity (Wildman–Crippen MR) is 134 cm³/mol. The normalized spacial score (nSPS) is 15.6. The van der Waals surface area contributed by atoms with E-state index in [2.05, 4.69) is 10.2 Å². The summed E-state index contributed by atoms with van der Waals surface area (Å²) < 4.78 is 27.4. The fraction of sp³-hybridized carbons (Fsp3) is 0.214. The van der Waals surface area contributed by atoms with Gasteiger partial charge in [0.2, 0.25) is 6.79 Å². The Balaban J connectivity index is 1.46. The molecule has 0 bridgehead atoms. The van der Waals surface area contributed by atoms with Gasteiger partial charge in [-0.1, -0.05) is 12.1 Å². The molecule has 0 saturated carbocycles. The number of aromatic amines is 1. The molecular weight excluding hydrogens is 474 g/mol. The van der Waals surface area contributed by atoms with Gasteiger partial charge in [-0.15, -0.1) is 0 Å². The minimum Gasteiger partial charge on any atom is -0.497 e. The third kappa shape index (κ3) is 3.79. The van der Waals surface area contributed by atoms with Gasteiger partial charge >= 0.3 is 0 Å². The summed E-state index contributed by atoms with van der Waals surface area (Å²) >= 11 is 0. The lowest BCUT2D eigenvalue weighted by molar-refractivity contribution is 0.0729. The summed E-state index contributed by atoms with van der Waals surface area (Å²) in [5.74, 6) is 3.17. The minimum atomic E-state index is -0.413. The number of hydrogen-bond donors (Lipinski definition) is 1. The van der Waals surface area contributed by atoms with Gasteiger partial charge in [0.05, 0.1) is 33.1 Å². The molecule has 3 aromatic carbocycles. The molecule has 4 aromatic rings. The number of amides is 1. The highest BCUT2D eigenvalue weighted by atomic mass is 16.7. The maximum atomic E-state index is 13.8. The van der Waals surface area contributed by atoms with Gasteiger partial charge in [0, 0.05) is 17.7 Å². The minimum absolute atomic E-state index is 0.139. The van der Waals surface area contributed by atoms with Crippen LogP contribution in [0.15, 0.2) is 60.7 Å². The van der Waals surface area contributed by atoms with Crippen molar-refractivity contribution in [3.8, 4) is 40.0 Å². The van der Waals surface area contributed by atoms with Crippen molar-refractivity contribution in [1.82, 2.24) is 15.1 Å². The van der Waals surface area contributed by atoms with Gasteiger partial charge in [-0.25, -0.2) is 0 Å². The van der Waals surface area contributed by atoms with Crippen LogP contribution in [0.4, 0.5) is 0 Å². The van der Waals surface area contributed by atoms with Crippen LogP contribution in [0.5, 0.6) is 28.7 Å². The van der Waals surface area contributed by atoms with Gasteiger partial charge < -0.3 is 28.6 Å². The fourth-order valence-corrected chi connectivity index (χ4v) is 4.93. The monoisotopic (exact) mass is 499 g/mol. The zero-order valence-corrected chi connectivity index (χ0v) is 20.6. The van der Waals surface area contributed by atoms with Crippen LogP contribution >= 0.6 is 0 Å². The Hall–Kier alpha value is -4.66. The molecule has 0 radical (unpaired) electrons. The summed E-state index contributed by atoms with van der Waals surface area (Å²) in [5, 5.41) is 7.55. The summed E-state index contributed by atoms with van der Waals surface area (Å²) in [5.41, 5.74) is 4.66. The number of H-pyrrole nitrogens is 1. The van der Waals surface area contributed by atoms with E-state index in [9.17, 15) is 4.79 Å². The number of carbonyl (C=O) groups is 1. The summed E-state index contributed by atoms with van der Waals surface area (Å²) in [6.07, 6.45) is 0. The van der Waals surface area contributed by atoms with Crippen molar-refractivity contribution in [3.63, 3.8) is 0 Å². The van der Waals surface area contributed by atoms with Crippen LogP contribution in [0.2, 0.25) is 0 Å². The average molecular weight is 500 g/mol. The average Bonchev–Trinajstić information content (AvgIpc) is 3.65. The first kappa shape index (κ1) is 22.8. The molecule has 1 N–H and O–H groups in total. The zero-order chi connectivity index (χ0) is 25.5. The van der Waals surface area contributed by atoms with Gasteiger partial charge in [0.25, 0.3) is 5.91 Å². The van der Waals surface area contributed by atoms with E-state index in [1.54, 1.807) is 21.3 Å². The maximum Gasteiger partial charge on any atom is 0.273 e. The molecule has 0 aliphatic carbocycles. The van der Waals surface area contributed by atoms with E-state index in [-0.39, 0.29) is 12.7 Å². The molecule has 2 aliphatic rings. The Morgan fingerprint density at radius 3 is 2.46 bits per heavy atom. The first-order chi connectivity index (χ1) is 18.1. The van der Waals surface area contributed by atoms with Crippen LogP contribution in [0.3, 0.4) is 0 Å². The number of ether oxygens (including phenoxy) is 5. The fourth-order valence-electron chi connectivity index (χ4n) is 4.93. The zero-order valence-electron chi connectivity index (χ0n) is 20.6. The number of nitrogens with zero attached hydrogens (tertiary/aromatic N) is 2. The van der Waals surface area contributed by atoms with E-state index >= 15 is 0 Å². The second-order valence-corrected chi connectivity index (χ2v) is 8.73. The number of fused-ring (bicyclic) bond motifs is 2. The Bertz CT molecular complexity index is 1480. The van der Waals surface area contributed by atoms with E-state index in [4.69, 9.17) is 23.7 Å². The number of hydrogen-bond acceptors (Lipinski definition) is 7. The lowest BCUT2D eigenvalue weighted by Gasteiger charge is -2.27. The number of rotatable bonds is 7. The summed E-state index contributed by atoms with van der Waals surface area (Å²) in [6, 6.07) is 18.6. The van der Waals surface area contributed by atoms with Crippen LogP contribution in [0.1, 0.15) is 33.2 Å². The smallest absolute Gasteiger partial charge is 0.273 e. The van der Waals surface area contributed by atoms with E-state index < -0.39 is 6.04 Å². The topological polar surface area (TPSA) is 95.1 Å². The molecule has 6 rings (SSSR count). The number of methoxy groups -OCH3 is 3. The molecule has 2 aliphatic heterocycles. The molecular formula is C28H25N3O6. The predicted octanol–water partition coefficient (Wildman–Crippen LogP) is 4.58. The molecule has 3 heterocycles. The highest BCUT2D eigenvalue weighted by molar-refractivity contribution is 6.00. The van der Waals surface area contributed by atoms with Crippen molar-refractivity contribution in [3.05, 3.63) is 83.0 Å². The van der Waals surface area contributed by atoms with Crippen molar-refractivity contribution in [2.75, 3.05) is 28.1 Å². The van der Waals surface area contributed by atoms with Gasteiger partial charge in [-0.3, -0.25) is 9.89 Å². The van der Waals surface area contributed by atoms with Crippen molar-refractivity contribution < 1.29 is 28.5 Å². The largest absolute Gasteiger partial charge is 0.497 e. The van der Waals surface area contributed by atoms with E-state index in [0.717, 1.165) is 28.0 Å². The van der Waals surface area contributed by atoms with Crippen LogP contribution < -0.4 is 23.7 Å². The maximum absolute atomic E-state index is 13.8. The Morgan fingerprint density at radius 2 is 1.70 bits per heavy atom. The van der Waals surface area contributed by atoms with E-state index in [0.29, 0.717) is 40.9 Å². The quantitative estimate of drug-likeness (QED) is 0.398. The van der Waals surface area contributed by atoms with Crippen molar-refractivity contribution >= 4 is 5.91 Å². The molecule has 188 valence electrons. The molecule has 1 amide bonds. The van der Waals surface area contributed by atoms with E-state index in [1.807, 2.05) is 65.6 Å². The van der Waals surface area contributed by atoms with Crippen LogP contribution in [-0.2, 0) is 6.54 Å². The van der Waals surface area contributed by atoms with Gasteiger partial charge in [-0.05, 0) is 59.7 Å². The summed E-state index contributed by atoms with van der Waals surface area (Å²) in [6.45, 7) is 0.552. The van der Waals surface area contributed by atoms with E-state index in [1.165, 1.54) is 0 Å². The van der Waals surface area contributed by atoms with Crippen molar-refractivity contribution in [2.45, 2.75) is 12.6 Å². The summed E-state index contributed by atoms with van der Waals surface area (Å²) in [7, 11) is 4.82. The first-order valence-electron chi connectivity index (χ1n) is 11.8. The van der Waals surface area contributed by atoms with Crippen LogP contribution in [0.25, 0.3) is 11.3 Å². The Morgan fingerprint density at radius 1 is 0.919 bits per heavy atom. The number of nitrogens with one attached hydrogen (secondary N) is 1. The molecule has 37 heavy (non-hydrogen) atoms. The molecule has 0 saturated heterocycles. The standard InChI is InChI=1S/C28H25N3O6/c1-33-19-8-5-17(6-9-19)25-24-26(30-29-25)28(32)31(14-16-4-10-21-23(12-16)37-15-36-21)27(24)18-7-11-20(34-2)22(13-18)35-3/h4-13,27H,14-15H2,1-3H3,(H,29,30). The Kier molecular flexibility index (Phi) is 5.60. The summed E-state index contributed by atoms with van der Waals surface area (Å²) in [4.78, 5) is 15.6. The molecule has 0 fully saturated rings. The molecule has 1 atom stereocenters. The molecule has 1 aromatic heterocycles. The number of benzene rings is 3. The van der Waals surface area contributed by atoms with Gasteiger partial charge in [0.15, 0.2) is 23.0 Å². The van der Waals surface area contributed by atoms with Crippen LogP contribution in [-0.4, -0.2) is 49.1 Å². The van der Waals surface area contributed by atoms with Gasteiger partial charge in [0.1, 0.15) is 11.4 Å². The van der Waals surface area contributed by atoms with Crippen LogP contribution in [0, 0.1) is 0 Å². The lowest BCUT2D eigenvalue weighted by atomic mass is 9.95. The SMILES string of the molecule is COc1ccc(-c2n[nH]c3c2C(c2ccc(OC)c(OC)c2)N(Cc2ccc4c(c2)OCO4)C3=O)cc1. The number of carbonyl (C=O) groups excluding carboxylic acids is 1. The first-order valence-corrected chi connectivity index (χ1v) is 11.8. The molecule has 0 spiro atoms. The van der Waals surface area contributed by atoms with Crippen molar-refractivity contribution in [1.29, 1.82) is 0 Å². The van der Waals surface area contributed by atoms with Crippen molar-refractivity contribution in [2.24, 2.45) is 0 Å². The molecule has 9 nitrogen and oxygen atoms in total. The second-order valence-electron chi connectivity index (χ2n) is 8.73.